The Kier molecular flexibility index (Phi) is 3.33. The first-order valence-electron chi connectivity index (χ1n) is 6.34. The van der Waals surface area contributed by atoms with Crippen molar-refractivity contribution in [2.45, 2.75) is 51.6 Å². The average molecular weight is 235 g/mol. The van der Waals surface area contributed by atoms with E-state index in [2.05, 4.69) is 24.3 Å². The van der Waals surface area contributed by atoms with Crippen LogP contribution in [0.15, 0.2) is 12.3 Å². The van der Waals surface area contributed by atoms with Crippen molar-refractivity contribution in [2.24, 2.45) is 0 Å². The first-order valence-corrected chi connectivity index (χ1v) is 6.34. The molecule has 1 aromatic heterocycles. The standard InChI is InChI=1S/C13H21N3O/c1-10(2)16-8-5-11(15-16)9-12(17)13(3)6-4-7-14-13/h5,8,10,14H,4,6-7,9H2,1-3H3. The lowest BCUT2D eigenvalue weighted by molar-refractivity contribution is -0.123. The third-order valence-corrected chi connectivity index (χ3v) is 3.52. The minimum Gasteiger partial charge on any atom is -0.305 e. The van der Waals surface area contributed by atoms with Gasteiger partial charge in [-0.2, -0.15) is 5.10 Å². The number of hydrogen-bond acceptors (Lipinski definition) is 3. The summed E-state index contributed by atoms with van der Waals surface area (Å²) in [7, 11) is 0. The summed E-state index contributed by atoms with van der Waals surface area (Å²) in [6.07, 6.45) is 4.40. The van der Waals surface area contributed by atoms with Crippen LogP contribution in [0.1, 0.15) is 45.3 Å². The molecule has 1 unspecified atom stereocenters. The third kappa shape index (κ3) is 2.57. The Morgan fingerprint density at radius 3 is 2.94 bits per heavy atom. The lowest BCUT2D eigenvalue weighted by atomic mass is 9.92. The maximum absolute atomic E-state index is 12.2. The molecule has 1 aliphatic heterocycles. The van der Waals surface area contributed by atoms with Crippen molar-refractivity contribution >= 4 is 5.78 Å². The molecule has 1 aliphatic rings. The van der Waals surface area contributed by atoms with E-state index in [0.29, 0.717) is 12.5 Å². The fraction of sp³-hybridized carbons (Fsp3) is 0.692. The zero-order valence-corrected chi connectivity index (χ0v) is 10.9. The quantitative estimate of drug-likeness (QED) is 0.864. The molecule has 0 saturated carbocycles. The van der Waals surface area contributed by atoms with Gasteiger partial charge in [-0.3, -0.25) is 9.48 Å². The van der Waals surface area contributed by atoms with Crippen LogP contribution in [0.5, 0.6) is 0 Å². The number of nitrogens with one attached hydrogen (secondary N) is 1. The Bertz CT molecular complexity index is 403. The van der Waals surface area contributed by atoms with E-state index in [1.165, 1.54) is 0 Å². The highest BCUT2D eigenvalue weighted by atomic mass is 16.1. The van der Waals surface area contributed by atoms with E-state index in [9.17, 15) is 4.79 Å². The predicted molar refractivity (Wildman–Crippen MR) is 67.0 cm³/mol. The molecule has 1 saturated heterocycles. The second-order valence-corrected chi connectivity index (χ2v) is 5.34. The number of hydrogen-bond donors (Lipinski definition) is 1. The second kappa shape index (κ2) is 4.61. The van der Waals surface area contributed by atoms with E-state index in [1.807, 2.05) is 23.9 Å². The van der Waals surface area contributed by atoms with E-state index in [-0.39, 0.29) is 11.3 Å². The Balaban J connectivity index is 2.02. The Morgan fingerprint density at radius 2 is 2.41 bits per heavy atom. The first-order chi connectivity index (χ1) is 8.01. The first kappa shape index (κ1) is 12.3. The Labute approximate surface area is 102 Å². The van der Waals surface area contributed by atoms with Crippen molar-refractivity contribution in [3.63, 3.8) is 0 Å². The summed E-state index contributed by atoms with van der Waals surface area (Å²) in [5.74, 6) is 0.254. The third-order valence-electron chi connectivity index (χ3n) is 3.52. The maximum atomic E-state index is 12.2. The van der Waals surface area contributed by atoms with Crippen molar-refractivity contribution in [1.82, 2.24) is 15.1 Å². The minimum atomic E-state index is -0.332. The molecule has 4 nitrogen and oxygen atoms in total. The molecule has 0 aromatic carbocycles. The van der Waals surface area contributed by atoms with Crippen LogP contribution in [0, 0.1) is 0 Å². The van der Waals surface area contributed by atoms with Gasteiger partial charge in [0.05, 0.1) is 17.7 Å². The highest BCUT2D eigenvalue weighted by Crippen LogP contribution is 2.21. The molecule has 0 radical (unpaired) electrons. The molecule has 1 N–H and O–H groups in total. The Morgan fingerprint density at radius 1 is 1.65 bits per heavy atom. The number of nitrogens with zero attached hydrogens (tertiary/aromatic N) is 2. The number of carbonyl (C=O) groups is 1. The number of Topliss-reactive ketones (excluding diaryl/α,β-unsaturated/α-hetero) is 1. The molecular weight excluding hydrogens is 214 g/mol. The molecule has 4 heteroatoms. The molecule has 2 heterocycles. The fourth-order valence-electron chi connectivity index (χ4n) is 2.25. The van der Waals surface area contributed by atoms with Crippen LogP contribution < -0.4 is 5.32 Å². The summed E-state index contributed by atoms with van der Waals surface area (Å²) >= 11 is 0. The van der Waals surface area contributed by atoms with Crippen LogP contribution in [0.2, 0.25) is 0 Å². The van der Waals surface area contributed by atoms with Crippen molar-refractivity contribution in [3.8, 4) is 0 Å². The molecule has 1 fully saturated rings. The zero-order chi connectivity index (χ0) is 12.5. The predicted octanol–water partition coefficient (Wildman–Crippen LogP) is 1.72. The molecular formula is C13H21N3O. The Hall–Kier alpha value is -1.16. The molecule has 17 heavy (non-hydrogen) atoms. The molecule has 0 spiro atoms. The summed E-state index contributed by atoms with van der Waals surface area (Å²) in [4.78, 5) is 12.2. The number of rotatable bonds is 4. The van der Waals surface area contributed by atoms with Crippen molar-refractivity contribution in [3.05, 3.63) is 18.0 Å². The largest absolute Gasteiger partial charge is 0.305 e. The second-order valence-electron chi connectivity index (χ2n) is 5.34. The van der Waals surface area contributed by atoms with E-state index >= 15 is 0 Å². The van der Waals surface area contributed by atoms with Crippen LogP contribution >= 0.6 is 0 Å². The lowest BCUT2D eigenvalue weighted by Gasteiger charge is -2.21. The average Bonchev–Trinajstić information content (AvgIpc) is 2.88. The van der Waals surface area contributed by atoms with Gasteiger partial charge in [-0.1, -0.05) is 0 Å². The van der Waals surface area contributed by atoms with Gasteiger partial charge in [-0.25, -0.2) is 0 Å². The van der Waals surface area contributed by atoms with E-state index in [1.54, 1.807) is 0 Å². The van der Waals surface area contributed by atoms with Crippen LogP contribution in [0.4, 0.5) is 0 Å². The molecule has 0 bridgehead atoms. The normalized spacial score (nSPS) is 24.5. The van der Waals surface area contributed by atoms with Crippen LogP contribution in [-0.4, -0.2) is 27.6 Å². The van der Waals surface area contributed by atoms with E-state index < -0.39 is 0 Å². The summed E-state index contributed by atoms with van der Waals surface area (Å²) in [5, 5.41) is 7.72. The van der Waals surface area contributed by atoms with Gasteiger partial charge in [0, 0.05) is 12.2 Å². The fourth-order valence-corrected chi connectivity index (χ4v) is 2.25. The summed E-state index contributed by atoms with van der Waals surface area (Å²) in [6, 6.07) is 2.29. The van der Waals surface area contributed by atoms with Gasteiger partial charge >= 0.3 is 0 Å². The zero-order valence-electron chi connectivity index (χ0n) is 10.9. The topological polar surface area (TPSA) is 46.9 Å². The van der Waals surface area contributed by atoms with Gasteiger partial charge in [0.25, 0.3) is 0 Å². The van der Waals surface area contributed by atoms with Crippen LogP contribution in [0.3, 0.4) is 0 Å². The van der Waals surface area contributed by atoms with Gasteiger partial charge in [-0.05, 0) is 46.2 Å². The van der Waals surface area contributed by atoms with Crippen molar-refractivity contribution in [1.29, 1.82) is 0 Å². The summed E-state index contributed by atoms with van der Waals surface area (Å²) in [5.41, 5.74) is 0.542. The highest BCUT2D eigenvalue weighted by Gasteiger charge is 2.35. The monoisotopic (exact) mass is 235 g/mol. The highest BCUT2D eigenvalue weighted by molar-refractivity contribution is 5.89. The van der Waals surface area contributed by atoms with E-state index in [4.69, 9.17) is 0 Å². The smallest absolute Gasteiger partial charge is 0.158 e. The van der Waals surface area contributed by atoms with Crippen LogP contribution in [0.25, 0.3) is 0 Å². The van der Waals surface area contributed by atoms with E-state index in [0.717, 1.165) is 25.1 Å². The number of ketones is 1. The minimum absolute atomic E-state index is 0.254. The lowest BCUT2D eigenvalue weighted by Crippen LogP contribution is -2.45. The molecule has 1 atom stereocenters. The maximum Gasteiger partial charge on any atom is 0.158 e. The van der Waals surface area contributed by atoms with Crippen molar-refractivity contribution < 1.29 is 4.79 Å². The molecule has 0 amide bonds. The van der Waals surface area contributed by atoms with Gasteiger partial charge < -0.3 is 5.32 Å². The van der Waals surface area contributed by atoms with Gasteiger partial charge in [0.15, 0.2) is 5.78 Å². The van der Waals surface area contributed by atoms with Gasteiger partial charge in [0.2, 0.25) is 0 Å². The van der Waals surface area contributed by atoms with Crippen LogP contribution in [-0.2, 0) is 11.2 Å². The number of carbonyl (C=O) groups excluding carboxylic acids is 1. The SMILES string of the molecule is CC(C)n1ccc(CC(=O)C2(C)CCCN2)n1. The summed E-state index contributed by atoms with van der Waals surface area (Å²) in [6.45, 7) is 7.11. The molecule has 94 valence electrons. The molecule has 1 aromatic rings. The summed E-state index contributed by atoms with van der Waals surface area (Å²) < 4.78 is 1.90. The van der Waals surface area contributed by atoms with Gasteiger partial charge in [-0.15, -0.1) is 0 Å². The van der Waals surface area contributed by atoms with Crippen molar-refractivity contribution in [2.75, 3.05) is 6.54 Å². The molecule has 0 aliphatic carbocycles. The molecule has 2 rings (SSSR count). The van der Waals surface area contributed by atoms with Gasteiger partial charge in [0.1, 0.15) is 0 Å². The number of aromatic nitrogens is 2.